The minimum absolute atomic E-state index is 0.0367. The number of terminal acetylenes is 1. The first-order valence-electron chi connectivity index (χ1n) is 4.02. The van der Waals surface area contributed by atoms with Gasteiger partial charge in [-0.1, -0.05) is 17.5 Å². The van der Waals surface area contributed by atoms with Gasteiger partial charge in [-0.15, -0.1) is 6.42 Å². The molecule has 0 saturated carbocycles. The predicted molar refractivity (Wildman–Crippen MR) is 53.5 cm³/mol. The second-order valence-electron chi connectivity index (χ2n) is 2.10. The molecule has 1 amide bonds. The second-order valence-corrected chi connectivity index (χ2v) is 2.35. The molecule has 0 heterocycles. The Bertz CT molecular complexity index is 235. The standard InChI is InChI=1S/C9H12ClNO3/c1-3-7-11(9(12)13-4-2)14-8-5-6-10/h1,5-6H,4,7-8H2,2H3. The Balaban J connectivity index is 4.01. The topological polar surface area (TPSA) is 38.8 Å². The molecule has 0 fully saturated rings. The lowest BCUT2D eigenvalue weighted by atomic mass is 10.6. The summed E-state index contributed by atoms with van der Waals surface area (Å²) in [6, 6.07) is 0. The van der Waals surface area contributed by atoms with Crippen molar-refractivity contribution in [3.05, 3.63) is 11.6 Å². The lowest BCUT2D eigenvalue weighted by Gasteiger charge is -2.17. The number of nitrogens with zero attached hydrogens (tertiary/aromatic N) is 1. The maximum Gasteiger partial charge on any atom is 0.434 e. The average Bonchev–Trinajstić information content (AvgIpc) is 2.17. The van der Waals surface area contributed by atoms with Crippen molar-refractivity contribution >= 4 is 17.7 Å². The van der Waals surface area contributed by atoms with Gasteiger partial charge in [-0.3, -0.25) is 4.84 Å². The normalized spacial score (nSPS) is 9.79. The van der Waals surface area contributed by atoms with E-state index in [4.69, 9.17) is 27.6 Å². The molecule has 0 aromatic heterocycles. The van der Waals surface area contributed by atoms with Gasteiger partial charge in [0.2, 0.25) is 0 Å². The number of carbonyl (C=O) groups is 1. The Hall–Kier alpha value is -1.18. The number of hydrogen-bond acceptors (Lipinski definition) is 3. The minimum atomic E-state index is -0.603. The van der Waals surface area contributed by atoms with Crippen LogP contribution in [0.4, 0.5) is 4.79 Å². The summed E-state index contributed by atoms with van der Waals surface area (Å²) in [5.41, 5.74) is 1.29. The van der Waals surface area contributed by atoms with E-state index >= 15 is 0 Å². The molecule has 0 aliphatic carbocycles. The van der Waals surface area contributed by atoms with Gasteiger partial charge in [-0.2, -0.15) is 5.06 Å². The Kier molecular flexibility index (Phi) is 7.71. The fourth-order valence-electron chi connectivity index (χ4n) is 0.611. The van der Waals surface area contributed by atoms with Gasteiger partial charge in [0.15, 0.2) is 0 Å². The fourth-order valence-corrected chi connectivity index (χ4v) is 0.683. The summed E-state index contributed by atoms with van der Waals surface area (Å²) in [6.07, 6.45) is 5.97. The zero-order valence-corrected chi connectivity index (χ0v) is 8.66. The summed E-state index contributed by atoms with van der Waals surface area (Å²) >= 11 is 5.27. The van der Waals surface area contributed by atoms with Crippen molar-refractivity contribution in [2.75, 3.05) is 19.8 Å². The third-order valence-electron chi connectivity index (χ3n) is 1.12. The lowest BCUT2D eigenvalue weighted by molar-refractivity contribution is -0.116. The van der Waals surface area contributed by atoms with Gasteiger partial charge < -0.3 is 4.74 Å². The molecule has 0 bridgehead atoms. The van der Waals surface area contributed by atoms with E-state index in [0.717, 1.165) is 5.06 Å². The number of hydrogen-bond donors (Lipinski definition) is 0. The zero-order chi connectivity index (χ0) is 10.8. The van der Waals surface area contributed by atoms with E-state index in [0.29, 0.717) is 0 Å². The fraction of sp³-hybridized carbons (Fsp3) is 0.444. The van der Waals surface area contributed by atoms with Crippen LogP contribution in [0.5, 0.6) is 0 Å². The number of ether oxygens (including phenoxy) is 1. The predicted octanol–water partition coefficient (Wildman–Crippen LogP) is 1.76. The Morgan fingerprint density at radius 2 is 2.43 bits per heavy atom. The lowest BCUT2D eigenvalue weighted by Crippen LogP contribution is -2.32. The summed E-state index contributed by atoms with van der Waals surface area (Å²) < 4.78 is 4.70. The van der Waals surface area contributed by atoms with Gasteiger partial charge in [0.05, 0.1) is 13.2 Å². The highest BCUT2D eigenvalue weighted by Crippen LogP contribution is 1.96. The van der Waals surface area contributed by atoms with Crippen LogP contribution in [0.15, 0.2) is 11.6 Å². The van der Waals surface area contributed by atoms with Crippen LogP contribution < -0.4 is 0 Å². The van der Waals surface area contributed by atoms with Crippen molar-refractivity contribution in [3.8, 4) is 12.3 Å². The van der Waals surface area contributed by atoms with Gasteiger partial charge in [-0.25, -0.2) is 4.79 Å². The monoisotopic (exact) mass is 217 g/mol. The van der Waals surface area contributed by atoms with Crippen molar-refractivity contribution in [2.45, 2.75) is 6.92 Å². The highest BCUT2D eigenvalue weighted by molar-refractivity contribution is 6.25. The Morgan fingerprint density at radius 1 is 1.71 bits per heavy atom. The van der Waals surface area contributed by atoms with E-state index in [1.807, 2.05) is 0 Å². The first kappa shape index (κ1) is 12.8. The molecule has 14 heavy (non-hydrogen) atoms. The van der Waals surface area contributed by atoms with Crippen LogP contribution in [0, 0.1) is 12.3 Å². The number of rotatable bonds is 5. The highest BCUT2D eigenvalue weighted by Gasteiger charge is 2.13. The molecule has 0 radical (unpaired) electrons. The SMILES string of the molecule is C#CCN(OCC=CCl)C(=O)OCC. The van der Waals surface area contributed by atoms with Crippen LogP contribution in [-0.4, -0.2) is 30.9 Å². The molecular formula is C9H12ClNO3. The summed E-state index contributed by atoms with van der Waals surface area (Å²) in [6.45, 7) is 2.18. The molecule has 0 aliphatic rings. The zero-order valence-electron chi connectivity index (χ0n) is 7.90. The smallest absolute Gasteiger partial charge is 0.434 e. The van der Waals surface area contributed by atoms with E-state index in [-0.39, 0.29) is 19.8 Å². The van der Waals surface area contributed by atoms with Crippen molar-refractivity contribution in [3.63, 3.8) is 0 Å². The van der Waals surface area contributed by atoms with E-state index < -0.39 is 6.09 Å². The van der Waals surface area contributed by atoms with Gasteiger partial charge in [-0.05, 0) is 13.0 Å². The maximum absolute atomic E-state index is 11.2. The molecule has 0 atom stereocenters. The number of hydroxylamine groups is 2. The van der Waals surface area contributed by atoms with Crippen molar-refractivity contribution in [1.29, 1.82) is 0 Å². The molecule has 0 aliphatic heterocycles. The van der Waals surface area contributed by atoms with E-state index in [1.54, 1.807) is 6.92 Å². The van der Waals surface area contributed by atoms with Crippen LogP contribution in [0.2, 0.25) is 0 Å². The largest absolute Gasteiger partial charge is 0.448 e. The van der Waals surface area contributed by atoms with Crippen LogP contribution in [0.1, 0.15) is 6.92 Å². The molecule has 5 heteroatoms. The molecule has 0 rings (SSSR count). The van der Waals surface area contributed by atoms with Crippen LogP contribution in [0.25, 0.3) is 0 Å². The first-order chi connectivity index (χ1) is 6.76. The molecule has 4 nitrogen and oxygen atoms in total. The number of carbonyl (C=O) groups excluding carboxylic acids is 1. The summed E-state index contributed by atoms with van der Waals surface area (Å²) in [7, 11) is 0. The maximum atomic E-state index is 11.2. The van der Waals surface area contributed by atoms with Crippen LogP contribution in [0.3, 0.4) is 0 Å². The molecule has 78 valence electrons. The number of amides is 1. The third-order valence-corrected chi connectivity index (χ3v) is 1.30. The third kappa shape index (κ3) is 5.46. The number of halogens is 1. The molecular weight excluding hydrogens is 206 g/mol. The van der Waals surface area contributed by atoms with Gasteiger partial charge >= 0.3 is 6.09 Å². The van der Waals surface area contributed by atoms with E-state index in [9.17, 15) is 4.79 Å². The van der Waals surface area contributed by atoms with Crippen molar-refractivity contribution in [1.82, 2.24) is 5.06 Å². The average molecular weight is 218 g/mol. The van der Waals surface area contributed by atoms with Crippen molar-refractivity contribution in [2.24, 2.45) is 0 Å². The first-order valence-corrected chi connectivity index (χ1v) is 4.45. The van der Waals surface area contributed by atoms with Gasteiger partial charge in [0, 0.05) is 5.54 Å². The van der Waals surface area contributed by atoms with E-state index in [2.05, 4.69) is 5.92 Å². The highest BCUT2D eigenvalue weighted by atomic mass is 35.5. The van der Waals surface area contributed by atoms with Crippen molar-refractivity contribution < 1.29 is 14.4 Å². The molecule has 0 N–H and O–H groups in total. The van der Waals surface area contributed by atoms with Crippen LogP contribution >= 0.6 is 11.6 Å². The minimum Gasteiger partial charge on any atom is -0.448 e. The second kappa shape index (κ2) is 8.42. The Morgan fingerprint density at radius 3 is 2.93 bits per heavy atom. The van der Waals surface area contributed by atoms with E-state index in [1.165, 1.54) is 11.6 Å². The Labute approximate surface area is 88.4 Å². The molecule has 0 saturated heterocycles. The molecule has 0 unspecified atom stereocenters. The summed E-state index contributed by atoms with van der Waals surface area (Å²) in [5, 5.41) is 0.959. The molecule has 0 aromatic carbocycles. The summed E-state index contributed by atoms with van der Waals surface area (Å²) in [5.74, 6) is 2.28. The molecule has 0 spiro atoms. The van der Waals surface area contributed by atoms with Crippen LogP contribution in [-0.2, 0) is 9.57 Å². The molecule has 0 aromatic rings. The quantitative estimate of drug-likeness (QED) is 0.520. The van der Waals surface area contributed by atoms with Gasteiger partial charge in [0.25, 0.3) is 0 Å². The van der Waals surface area contributed by atoms with Gasteiger partial charge in [0.1, 0.15) is 6.54 Å². The summed E-state index contributed by atoms with van der Waals surface area (Å²) in [4.78, 5) is 16.1.